The highest BCUT2D eigenvalue weighted by atomic mass is 16.5. The fourth-order valence-corrected chi connectivity index (χ4v) is 6.06. The van der Waals surface area contributed by atoms with Crippen molar-refractivity contribution in [2.24, 2.45) is 11.8 Å². The van der Waals surface area contributed by atoms with Gasteiger partial charge >= 0.3 is 0 Å². The zero-order valence-corrected chi connectivity index (χ0v) is 16.4. The van der Waals surface area contributed by atoms with Gasteiger partial charge in [0.25, 0.3) is 0 Å². The summed E-state index contributed by atoms with van der Waals surface area (Å²) in [5.41, 5.74) is 4.01. The highest BCUT2D eigenvalue weighted by Crippen LogP contribution is 2.48. The SMILES string of the molecule is COc1ccc(-c2ccccc2)cc1C1CCN([C@H]2C[C@H]3CC[C@H]2C3)CC1. The molecule has 5 rings (SSSR count). The van der Waals surface area contributed by atoms with E-state index in [9.17, 15) is 0 Å². The molecule has 3 aliphatic rings. The zero-order chi connectivity index (χ0) is 18.2. The first-order chi connectivity index (χ1) is 13.3. The Morgan fingerprint density at radius 2 is 1.67 bits per heavy atom. The minimum Gasteiger partial charge on any atom is -0.496 e. The van der Waals surface area contributed by atoms with E-state index in [1.165, 1.54) is 68.3 Å². The van der Waals surface area contributed by atoms with E-state index in [0.29, 0.717) is 5.92 Å². The summed E-state index contributed by atoms with van der Waals surface area (Å²) in [6.07, 6.45) is 8.51. The third kappa shape index (κ3) is 3.29. The van der Waals surface area contributed by atoms with E-state index in [1.807, 2.05) is 7.11 Å². The monoisotopic (exact) mass is 361 g/mol. The van der Waals surface area contributed by atoms with Crippen LogP contribution in [0.1, 0.15) is 50.0 Å². The summed E-state index contributed by atoms with van der Waals surface area (Å²) >= 11 is 0. The largest absolute Gasteiger partial charge is 0.496 e. The van der Waals surface area contributed by atoms with Crippen LogP contribution in [0, 0.1) is 11.8 Å². The van der Waals surface area contributed by atoms with Gasteiger partial charge in [0.2, 0.25) is 0 Å². The van der Waals surface area contributed by atoms with E-state index in [0.717, 1.165) is 23.6 Å². The van der Waals surface area contributed by atoms with Gasteiger partial charge in [-0.05, 0) is 91.8 Å². The summed E-state index contributed by atoms with van der Waals surface area (Å²) in [4.78, 5) is 2.83. The lowest BCUT2D eigenvalue weighted by atomic mass is 9.85. The van der Waals surface area contributed by atoms with Crippen LogP contribution in [0.3, 0.4) is 0 Å². The third-order valence-electron chi connectivity index (χ3n) is 7.48. The minimum atomic E-state index is 0.624. The molecule has 0 aromatic heterocycles. The number of fused-ring (bicyclic) bond motifs is 2. The number of likely N-dealkylation sites (tertiary alicyclic amines) is 1. The summed E-state index contributed by atoms with van der Waals surface area (Å²) in [5, 5.41) is 0. The molecule has 0 radical (unpaired) electrons. The second-order valence-corrected chi connectivity index (χ2v) is 8.88. The van der Waals surface area contributed by atoms with Crippen LogP contribution in [0.25, 0.3) is 11.1 Å². The summed E-state index contributed by atoms with van der Waals surface area (Å²) in [5.74, 6) is 3.73. The average molecular weight is 362 g/mol. The molecular formula is C25H31NO. The molecule has 2 nitrogen and oxygen atoms in total. The molecule has 1 aliphatic heterocycles. The van der Waals surface area contributed by atoms with Gasteiger partial charge in [0.15, 0.2) is 0 Å². The second kappa shape index (κ2) is 7.31. The van der Waals surface area contributed by atoms with Crippen LogP contribution in [0.2, 0.25) is 0 Å². The van der Waals surface area contributed by atoms with E-state index < -0.39 is 0 Å². The number of ether oxygens (including phenoxy) is 1. The molecule has 2 saturated carbocycles. The van der Waals surface area contributed by atoms with Gasteiger partial charge in [0, 0.05) is 6.04 Å². The van der Waals surface area contributed by atoms with Crippen molar-refractivity contribution in [3.8, 4) is 16.9 Å². The van der Waals surface area contributed by atoms with Crippen molar-refractivity contribution in [3.05, 3.63) is 54.1 Å². The Hall–Kier alpha value is -1.80. The lowest BCUT2D eigenvalue weighted by Gasteiger charge is -2.40. The summed E-state index contributed by atoms with van der Waals surface area (Å²) in [6.45, 7) is 2.52. The minimum absolute atomic E-state index is 0.624. The molecular weight excluding hydrogens is 330 g/mol. The van der Waals surface area contributed by atoms with Crippen molar-refractivity contribution in [2.45, 2.75) is 50.5 Å². The Morgan fingerprint density at radius 3 is 2.33 bits per heavy atom. The highest BCUT2D eigenvalue weighted by molar-refractivity contribution is 5.66. The van der Waals surface area contributed by atoms with Crippen LogP contribution in [0.5, 0.6) is 5.75 Å². The predicted molar refractivity (Wildman–Crippen MR) is 111 cm³/mol. The van der Waals surface area contributed by atoms with Gasteiger partial charge < -0.3 is 9.64 Å². The number of rotatable bonds is 4. The molecule has 2 aromatic carbocycles. The van der Waals surface area contributed by atoms with E-state index in [1.54, 1.807) is 0 Å². The third-order valence-corrected chi connectivity index (χ3v) is 7.48. The van der Waals surface area contributed by atoms with Crippen molar-refractivity contribution in [1.29, 1.82) is 0 Å². The van der Waals surface area contributed by atoms with E-state index in [4.69, 9.17) is 4.74 Å². The molecule has 2 aromatic rings. The number of benzene rings is 2. The first-order valence-electron chi connectivity index (χ1n) is 10.8. The molecule has 2 aliphatic carbocycles. The summed E-state index contributed by atoms with van der Waals surface area (Å²) in [7, 11) is 1.81. The Balaban J connectivity index is 1.32. The van der Waals surface area contributed by atoms with Crippen LogP contribution in [-0.4, -0.2) is 31.1 Å². The second-order valence-electron chi connectivity index (χ2n) is 8.88. The van der Waals surface area contributed by atoms with Crippen molar-refractivity contribution >= 4 is 0 Å². The van der Waals surface area contributed by atoms with E-state index in [-0.39, 0.29) is 0 Å². The molecule has 0 spiro atoms. The van der Waals surface area contributed by atoms with Crippen LogP contribution in [0.4, 0.5) is 0 Å². The maximum atomic E-state index is 5.74. The first kappa shape index (κ1) is 17.3. The Bertz CT molecular complexity index is 778. The predicted octanol–water partition coefficient (Wildman–Crippen LogP) is 5.73. The van der Waals surface area contributed by atoms with Gasteiger partial charge in [0.05, 0.1) is 7.11 Å². The lowest BCUT2D eigenvalue weighted by Crippen LogP contribution is -2.43. The normalized spacial score (nSPS) is 28.6. The van der Waals surface area contributed by atoms with E-state index >= 15 is 0 Å². The zero-order valence-electron chi connectivity index (χ0n) is 16.4. The maximum Gasteiger partial charge on any atom is 0.122 e. The number of methoxy groups -OCH3 is 1. The maximum absolute atomic E-state index is 5.74. The molecule has 0 N–H and O–H groups in total. The van der Waals surface area contributed by atoms with Gasteiger partial charge in [-0.15, -0.1) is 0 Å². The van der Waals surface area contributed by atoms with Crippen LogP contribution >= 0.6 is 0 Å². The van der Waals surface area contributed by atoms with Crippen molar-refractivity contribution in [1.82, 2.24) is 4.90 Å². The quantitative estimate of drug-likeness (QED) is 0.689. The van der Waals surface area contributed by atoms with Gasteiger partial charge in [-0.1, -0.05) is 42.8 Å². The van der Waals surface area contributed by atoms with Crippen LogP contribution in [0.15, 0.2) is 48.5 Å². The summed E-state index contributed by atoms with van der Waals surface area (Å²) < 4.78 is 5.74. The Morgan fingerprint density at radius 1 is 0.852 bits per heavy atom. The number of piperidine rings is 1. The summed E-state index contributed by atoms with van der Waals surface area (Å²) in [6, 6.07) is 18.3. The fourth-order valence-electron chi connectivity index (χ4n) is 6.06. The molecule has 27 heavy (non-hydrogen) atoms. The van der Waals surface area contributed by atoms with Crippen molar-refractivity contribution < 1.29 is 4.74 Å². The highest BCUT2D eigenvalue weighted by Gasteiger charge is 2.43. The smallest absolute Gasteiger partial charge is 0.122 e. The molecule has 0 amide bonds. The van der Waals surface area contributed by atoms with Gasteiger partial charge in [-0.2, -0.15) is 0 Å². The fraction of sp³-hybridized carbons (Fsp3) is 0.520. The molecule has 2 heteroatoms. The number of nitrogens with zero attached hydrogens (tertiary/aromatic N) is 1. The molecule has 0 unspecified atom stereocenters. The molecule has 3 atom stereocenters. The first-order valence-corrected chi connectivity index (χ1v) is 10.8. The molecule has 2 bridgehead atoms. The average Bonchev–Trinajstić information content (AvgIpc) is 3.38. The topological polar surface area (TPSA) is 12.5 Å². The van der Waals surface area contributed by atoms with Crippen molar-refractivity contribution in [2.75, 3.05) is 20.2 Å². The van der Waals surface area contributed by atoms with Crippen LogP contribution in [-0.2, 0) is 0 Å². The van der Waals surface area contributed by atoms with Gasteiger partial charge in [0.1, 0.15) is 5.75 Å². The molecule has 142 valence electrons. The molecule has 1 heterocycles. The van der Waals surface area contributed by atoms with Gasteiger partial charge in [-0.3, -0.25) is 0 Å². The standard InChI is InChI=1S/C25H31NO/c1-27-25-10-9-21(19-5-3-2-4-6-19)17-23(25)20-11-13-26(14-12-20)24-16-18-7-8-22(24)15-18/h2-6,9-10,17-18,20,22,24H,7-8,11-16H2,1H3/t18-,22-,24-/m0/s1. The molecule has 1 saturated heterocycles. The lowest BCUT2D eigenvalue weighted by molar-refractivity contribution is 0.110. The Labute approximate surface area is 163 Å². The van der Waals surface area contributed by atoms with E-state index in [2.05, 4.69) is 53.4 Å². The number of hydrogen-bond donors (Lipinski definition) is 0. The molecule has 3 fully saturated rings. The Kier molecular flexibility index (Phi) is 4.69. The van der Waals surface area contributed by atoms with Crippen molar-refractivity contribution in [3.63, 3.8) is 0 Å². The van der Waals surface area contributed by atoms with Crippen LogP contribution < -0.4 is 4.74 Å². The number of hydrogen-bond acceptors (Lipinski definition) is 2. The van der Waals surface area contributed by atoms with Gasteiger partial charge in [-0.25, -0.2) is 0 Å².